The summed E-state index contributed by atoms with van der Waals surface area (Å²) in [5.41, 5.74) is 0.0923. The van der Waals surface area contributed by atoms with Crippen molar-refractivity contribution in [1.82, 2.24) is 15.1 Å². The molecule has 1 N–H and O–H groups in total. The van der Waals surface area contributed by atoms with Crippen molar-refractivity contribution in [1.29, 1.82) is 0 Å². The molecule has 0 aliphatic carbocycles. The van der Waals surface area contributed by atoms with Gasteiger partial charge in [-0.15, -0.1) is 0 Å². The maximum Gasteiger partial charge on any atom is 0.256 e. The van der Waals surface area contributed by atoms with Gasteiger partial charge < -0.3 is 24.4 Å². The van der Waals surface area contributed by atoms with Gasteiger partial charge >= 0.3 is 0 Å². The third-order valence-corrected chi connectivity index (χ3v) is 7.48. The quantitative estimate of drug-likeness (QED) is 0.645. The van der Waals surface area contributed by atoms with Crippen LogP contribution in [0.15, 0.2) is 54.6 Å². The van der Waals surface area contributed by atoms with E-state index in [9.17, 15) is 14.4 Å². The van der Waals surface area contributed by atoms with Crippen molar-refractivity contribution in [2.75, 3.05) is 40.0 Å². The van der Waals surface area contributed by atoms with E-state index >= 15 is 0 Å². The molecule has 2 aromatic carbocycles. The van der Waals surface area contributed by atoms with Gasteiger partial charge in [-0.25, -0.2) is 0 Å². The van der Waals surface area contributed by atoms with Gasteiger partial charge in [0.1, 0.15) is 17.5 Å². The first-order chi connectivity index (χ1) is 18.0. The molecule has 3 amide bonds. The minimum Gasteiger partial charge on any atom is -0.497 e. The van der Waals surface area contributed by atoms with Crippen LogP contribution >= 0.6 is 0 Å². The van der Waals surface area contributed by atoms with Crippen LogP contribution in [-0.4, -0.2) is 85.3 Å². The first-order valence-corrected chi connectivity index (χ1v) is 12.9. The fourth-order valence-corrected chi connectivity index (χ4v) is 5.42. The van der Waals surface area contributed by atoms with Crippen molar-refractivity contribution in [3.63, 3.8) is 0 Å². The lowest BCUT2D eigenvalue weighted by molar-refractivity contribution is -0.128. The zero-order chi connectivity index (χ0) is 25.8. The maximum atomic E-state index is 13.7. The highest BCUT2D eigenvalue weighted by Crippen LogP contribution is 2.39. The molecule has 0 saturated carbocycles. The van der Waals surface area contributed by atoms with Gasteiger partial charge in [0.2, 0.25) is 5.91 Å². The molecular formula is C28H33N3O6. The minimum atomic E-state index is -0.954. The van der Waals surface area contributed by atoms with E-state index in [1.807, 2.05) is 6.07 Å². The van der Waals surface area contributed by atoms with E-state index in [0.717, 1.165) is 12.8 Å². The number of likely N-dealkylation sites (tertiary alicyclic amines) is 1. The van der Waals surface area contributed by atoms with Gasteiger partial charge in [0.05, 0.1) is 19.8 Å². The van der Waals surface area contributed by atoms with Gasteiger partial charge in [-0.1, -0.05) is 24.3 Å². The van der Waals surface area contributed by atoms with Crippen molar-refractivity contribution in [3.8, 4) is 5.75 Å². The molecule has 0 aromatic heterocycles. The third-order valence-electron chi connectivity index (χ3n) is 7.48. The molecule has 0 bridgehead atoms. The Kier molecular flexibility index (Phi) is 7.43. The summed E-state index contributed by atoms with van der Waals surface area (Å²) in [7, 11) is 1.57. The lowest BCUT2D eigenvalue weighted by Crippen LogP contribution is -2.60. The lowest BCUT2D eigenvalue weighted by Gasteiger charge is -2.44. The average Bonchev–Trinajstić information content (AvgIpc) is 3.60. The first-order valence-electron chi connectivity index (χ1n) is 12.9. The van der Waals surface area contributed by atoms with Crippen LogP contribution in [0.1, 0.15) is 46.4 Å². The minimum absolute atomic E-state index is 0.00404. The number of methoxy groups -OCH3 is 1. The Morgan fingerprint density at radius 2 is 1.78 bits per heavy atom. The van der Waals surface area contributed by atoms with Gasteiger partial charge in [-0.2, -0.15) is 0 Å². The van der Waals surface area contributed by atoms with Gasteiger partial charge in [0.15, 0.2) is 0 Å². The number of benzene rings is 2. The molecule has 196 valence electrons. The standard InChI is InChI=1S/C28H33N3O6/c1-35-22-10-5-9-21(17-22)26(33)30-14-12-28(13-15-30)31(27(34)20-7-3-2-4-8-20)24(19-37-28)25(32)29-18-23-11-6-16-36-23/h2-5,7-10,17,23-24H,6,11-16,18-19H2,1H3,(H,29,32)/t23-,24+/m0/s1. The van der Waals surface area contributed by atoms with E-state index in [-0.39, 0.29) is 30.4 Å². The number of amides is 3. The molecule has 5 rings (SSSR count). The van der Waals surface area contributed by atoms with Crippen molar-refractivity contribution in [3.05, 3.63) is 65.7 Å². The van der Waals surface area contributed by atoms with Crippen LogP contribution in [0.2, 0.25) is 0 Å². The largest absolute Gasteiger partial charge is 0.497 e. The predicted octanol–water partition coefficient (Wildman–Crippen LogP) is 2.46. The molecule has 9 heteroatoms. The molecule has 3 heterocycles. The van der Waals surface area contributed by atoms with E-state index in [0.29, 0.717) is 56.0 Å². The molecule has 0 radical (unpaired) electrons. The van der Waals surface area contributed by atoms with E-state index in [4.69, 9.17) is 14.2 Å². The van der Waals surface area contributed by atoms with Crippen LogP contribution < -0.4 is 10.1 Å². The van der Waals surface area contributed by atoms with Crippen LogP contribution in [-0.2, 0) is 14.3 Å². The van der Waals surface area contributed by atoms with Gasteiger partial charge in [-0.3, -0.25) is 19.3 Å². The molecule has 3 saturated heterocycles. The average molecular weight is 508 g/mol. The van der Waals surface area contributed by atoms with E-state index in [1.54, 1.807) is 65.4 Å². The zero-order valence-electron chi connectivity index (χ0n) is 21.1. The fourth-order valence-electron chi connectivity index (χ4n) is 5.42. The van der Waals surface area contributed by atoms with Crippen LogP contribution in [0.25, 0.3) is 0 Å². The molecule has 9 nitrogen and oxygen atoms in total. The van der Waals surface area contributed by atoms with Gasteiger partial charge in [0.25, 0.3) is 11.8 Å². The summed E-state index contributed by atoms with van der Waals surface area (Å²) in [6.45, 7) is 2.04. The number of piperidine rings is 1. The Bertz CT molecular complexity index is 1130. The smallest absolute Gasteiger partial charge is 0.256 e. The molecule has 2 atom stereocenters. The Morgan fingerprint density at radius 3 is 2.49 bits per heavy atom. The second kappa shape index (κ2) is 10.9. The molecule has 3 aliphatic heterocycles. The Hall–Kier alpha value is -3.43. The SMILES string of the molecule is COc1cccc(C(=O)N2CCC3(CC2)OC[C@H](C(=O)NC[C@@H]2CCCO2)N3C(=O)c2ccccc2)c1. The third kappa shape index (κ3) is 5.19. The number of carbonyl (C=O) groups excluding carboxylic acids is 3. The number of ether oxygens (including phenoxy) is 3. The Morgan fingerprint density at radius 1 is 1.03 bits per heavy atom. The second-order valence-corrected chi connectivity index (χ2v) is 9.72. The second-order valence-electron chi connectivity index (χ2n) is 9.72. The van der Waals surface area contributed by atoms with Crippen LogP contribution in [0.4, 0.5) is 0 Å². The highest BCUT2D eigenvalue weighted by atomic mass is 16.5. The number of nitrogens with one attached hydrogen (secondary N) is 1. The van der Waals surface area contributed by atoms with E-state index in [2.05, 4.69) is 5.32 Å². The summed E-state index contributed by atoms with van der Waals surface area (Å²) in [6, 6.07) is 15.3. The number of hydrogen-bond donors (Lipinski definition) is 1. The lowest BCUT2D eigenvalue weighted by atomic mass is 9.96. The topological polar surface area (TPSA) is 97.4 Å². The summed E-state index contributed by atoms with van der Waals surface area (Å²) < 4.78 is 17.2. The van der Waals surface area contributed by atoms with E-state index < -0.39 is 11.8 Å². The van der Waals surface area contributed by atoms with Gasteiger partial charge in [0, 0.05) is 50.2 Å². The molecule has 2 aromatic rings. The number of hydrogen-bond acceptors (Lipinski definition) is 6. The number of nitrogens with zero attached hydrogens (tertiary/aromatic N) is 2. The molecule has 0 unspecified atom stereocenters. The summed E-state index contributed by atoms with van der Waals surface area (Å²) in [5, 5.41) is 2.97. The first kappa shape index (κ1) is 25.2. The van der Waals surface area contributed by atoms with Crippen molar-refractivity contribution >= 4 is 17.7 Å². The highest BCUT2D eigenvalue weighted by molar-refractivity contribution is 5.98. The molecule has 1 spiro atoms. The van der Waals surface area contributed by atoms with E-state index in [1.165, 1.54) is 0 Å². The summed E-state index contributed by atoms with van der Waals surface area (Å²) in [6.07, 6.45) is 2.73. The number of carbonyl (C=O) groups is 3. The van der Waals surface area contributed by atoms with Crippen molar-refractivity contribution in [2.45, 2.75) is 43.6 Å². The highest BCUT2D eigenvalue weighted by Gasteiger charge is 2.54. The molecule has 3 aliphatic rings. The Balaban J connectivity index is 1.33. The molecule has 37 heavy (non-hydrogen) atoms. The van der Waals surface area contributed by atoms with Gasteiger partial charge in [-0.05, 0) is 43.2 Å². The normalized spacial score (nSPS) is 22.7. The fraction of sp³-hybridized carbons (Fsp3) is 0.464. The molecule has 3 fully saturated rings. The van der Waals surface area contributed by atoms with Crippen LogP contribution in [0, 0.1) is 0 Å². The summed E-state index contributed by atoms with van der Waals surface area (Å²) in [4.78, 5) is 43.6. The maximum absolute atomic E-state index is 13.7. The van der Waals surface area contributed by atoms with Crippen molar-refractivity contribution in [2.24, 2.45) is 0 Å². The van der Waals surface area contributed by atoms with Crippen LogP contribution in [0.5, 0.6) is 5.75 Å². The predicted molar refractivity (Wildman–Crippen MR) is 135 cm³/mol. The monoisotopic (exact) mass is 507 g/mol. The summed E-state index contributed by atoms with van der Waals surface area (Å²) in [5.74, 6) is 0.0305. The van der Waals surface area contributed by atoms with Crippen LogP contribution in [0.3, 0.4) is 0 Å². The number of rotatable bonds is 6. The summed E-state index contributed by atoms with van der Waals surface area (Å²) >= 11 is 0. The zero-order valence-corrected chi connectivity index (χ0v) is 21.1. The van der Waals surface area contributed by atoms with Crippen molar-refractivity contribution < 1.29 is 28.6 Å². The molecular weight excluding hydrogens is 474 g/mol. The Labute approximate surface area is 216 Å².